The first-order valence-electron chi connectivity index (χ1n) is 8.18. The van der Waals surface area contributed by atoms with Crippen molar-refractivity contribution in [2.75, 3.05) is 26.7 Å². The van der Waals surface area contributed by atoms with Crippen molar-refractivity contribution in [3.05, 3.63) is 36.0 Å². The topological polar surface area (TPSA) is 28.3 Å². The average Bonchev–Trinajstić information content (AvgIpc) is 2.95. The number of nitrogens with one attached hydrogen (secondary N) is 1. The predicted octanol–water partition coefficient (Wildman–Crippen LogP) is 3.60. The van der Waals surface area contributed by atoms with Gasteiger partial charge in [-0.05, 0) is 50.8 Å². The molecule has 3 rings (SSSR count). The Morgan fingerprint density at radius 3 is 3.00 bits per heavy atom. The molecule has 114 valence electrons. The standard InChI is InChI=1S/C18H26N2O/c1-20(12-10-16-6-4-5-13-21-16)11-9-15-14-19-18-8-3-2-7-17(15)18/h2-3,7-8,14,16,19H,4-6,9-13H2,1H3. The van der Waals surface area contributed by atoms with Crippen LogP contribution in [0.25, 0.3) is 10.9 Å². The maximum absolute atomic E-state index is 5.80. The van der Waals surface area contributed by atoms with E-state index >= 15 is 0 Å². The molecule has 1 aromatic carbocycles. The molecule has 1 N–H and O–H groups in total. The first-order chi connectivity index (χ1) is 10.3. The molecule has 1 fully saturated rings. The van der Waals surface area contributed by atoms with Crippen LogP contribution in [0.4, 0.5) is 0 Å². The second kappa shape index (κ2) is 7.10. The molecule has 3 nitrogen and oxygen atoms in total. The number of ether oxygens (including phenoxy) is 1. The number of aromatic nitrogens is 1. The molecule has 21 heavy (non-hydrogen) atoms. The molecule has 3 heteroatoms. The molecule has 2 heterocycles. The van der Waals surface area contributed by atoms with Crippen molar-refractivity contribution in [3.63, 3.8) is 0 Å². The molecule has 0 aliphatic carbocycles. The van der Waals surface area contributed by atoms with Crippen LogP contribution in [0.5, 0.6) is 0 Å². The maximum atomic E-state index is 5.80. The zero-order valence-electron chi connectivity index (χ0n) is 13.0. The number of hydrogen-bond acceptors (Lipinski definition) is 2. The van der Waals surface area contributed by atoms with E-state index in [1.807, 2.05) is 0 Å². The molecule has 0 bridgehead atoms. The summed E-state index contributed by atoms with van der Waals surface area (Å²) in [4.78, 5) is 5.79. The zero-order chi connectivity index (χ0) is 14.5. The number of para-hydroxylation sites is 1. The highest BCUT2D eigenvalue weighted by molar-refractivity contribution is 5.83. The van der Waals surface area contributed by atoms with Crippen LogP contribution in [-0.4, -0.2) is 42.7 Å². The lowest BCUT2D eigenvalue weighted by Crippen LogP contribution is -2.28. The Morgan fingerprint density at radius 2 is 2.14 bits per heavy atom. The molecular weight excluding hydrogens is 260 g/mol. The lowest BCUT2D eigenvalue weighted by Gasteiger charge is -2.25. The second-order valence-electron chi connectivity index (χ2n) is 6.19. The Bertz CT molecular complexity index is 557. The molecule has 1 aliphatic heterocycles. The molecule has 1 saturated heterocycles. The smallest absolute Gasteiger partial charge is 0.0587 e. The van der Waals surface area contributed by atoms with Gasteiger partial charge in [0.1, 0.15) is 0 Å². The van der Waals surface area contributed by atoms with Crippen LogP contribution in [0.15, 0.2) is 30.5 Å². The number of fused-ring (bicyclic) bond motifs is 1. The summed E-state index contributed by atoms with van der Waals surface area (Å²) in [6.07, 6.45) is 8.75. The highest BCUT2D eigenvalue weighted by Crippen LogP contribution is 2.19. The van der Waals surface area contributed by atoms with Gasteiger partial charge >= 0.3 is 0 Å². The van der Waals surface area contributed by atoms with Crippen LogP contribution in [0.1, 0.15) is 31.2 Å². The first-order valence-corrected chi connectivity index (χ1v) is 8.18. The van der Waals surface area contributed by atoms with Gasteiger partial charge in [0, 0.05) is 36.8 Å². The fraction of sp³-hybridized carbons (Fsp3) is 0.556. The van der Waals surface area contributed by atoms with E-state index in [0.29, 0.717) is 6.10 Å². The van der Waals surface area contributed by atoms with Gasteiger partial charge in [-0.3, -0.25) is 0 Å². The van der Waals surface area contributed by atoms with Crippen molar-refractivity contribution < 1.29 is 4.74 Å². The molecule has 0 radical (unpaired) electrons. The molecule has 0 spiro atoms. The quantitative estimate of drug-likeness (QED) is 0.879. The number of nitrogens with zero attached hydrogens (tertiary/aromatic N) is 1. The van der Waals surface area contributed by atoms with E-state index in [1.54, 1.807) is 0 Å². The SMILES string of the molecule is CN(CCc1c[nH]c2ccccc12)CCC1CCCCO1. The van der Waals surface area contributed by atoms with E-state index in [-0.39, 0.29) is 0 Å². The number of benzene rings is 1. The van der Waals surface area contributed by atoms with Gasteiger partial charge in [-0.15, -0.1) is 0 Å². The number of hydrogen-bond donors (Lipinski definition) is 1. The summed E-state index contributed by atoms with van der Waals surface area (Å²) < 4.78 is 5.80. The Kier molecular flexibility index (Phi) is 4.94. The highest BCUT2D eigenvalue weighted by Gasteiger charge is 2.14. The minimum atomic E-state index is 0.495. The van der Waals surface area contributed by atoms with Gasteiger partial charge in [0.2, 0.25) is 0 Å². The first kappa shape index (κ1) is 14.6. The third kappa shape index (κ3) is 3.86. The van der Waals surface area contributed by atoms with Crippen molar-refractivity contribution in [2.24, 2.45) is 0 Å². The molecule has 1 aromatic heterocycles. The van der Waals surface area contributed by atoms with E-state index in [0.717, 1.165) is 26.1 Å². The van der Waals surface area contributed by atoms with Crippen molar-refractivity contribution in [3.8, 4) is 0 Å². The Morgan fingerprint density at radius 1 is 1.24 bits per heavy atom. The number of likely N-dealkylation sites (N-methyl/N-ethyl adjacent to an activating group) is 1. The number of rotatable bonds is 6. The fourth-order valence-electron chi connectivity index (χ4n) is 3.16. The molecule has 2 aromatic rings. The summed E-state index contributed by atoms with van der Waals surface area (Å²) in [6, 6.07) is 8.54. The van der Waals surface area contributed by atoms with E-state index in [9.17, 15) is 0 Å². The van der Waals surface area contributed by atoms with Gasteiger partial charge in [0.25, 0.3) is 0 Å². The monoisotopic (exact) mass is 286 g/mol. The van der Waals surface area contributed by atoms with Crippen LogP contribution in [-0.2, 0) is 11.2 Å². The van der Waals surface area contributed by atoms with Gasteiger partial charge in [0.05, 0.1) is 6.10 Å². The summed E-state index contributed by atoms with van der Waals surface area (Å²) in [6.45, 7) is 3.20. The summed E-state index contributed by atoms with van der Waals surface area (Å²) in [5.41, 5.74) is 2.66. The normalized spacial score (nSPS) is 19.4. The van der Waals surface area contributed by atoms with Crippen LogP contribution in [0.3, 0.4) is 0 Å². The van der Waals surface area contributed by atoms with E-state index < -0.39 is 0 Å². The van der Waals surface area contributed by atoms with Crippen LogP contribution < -0.4 is 0 Å². The minimum Gasteiger partial charge on any atom is -0.378 e. The number of aromatic amines is 1. The largest absolute Gasteiger partial charge is 0.378 e. The molecule has 0 amide bonds. The summed E-state index contributed by atoms with van der Waals surface area (Å²) in [5, 5.41) is 1.36. The van der Waals surface area contributed by atoms with Crippen LogP contribution in [0, 0.1) is 0 Å². The van der Waals surface area contributed by atoms with E-state index in [2.05, 4.69) is 47.4 Å². The Balaban J connectivity index is 1.45. The fourth-order valence-corrected chi connectivity index (χ4v) is 3.16. The van der Waals surface area contributed by atoms with Gasteiger partial charge in [0.15, 0.2) is 0 Å². The summed E-state index contributed by atoms with van der Waals surface area (Å²) in [5.74, 6) is 0. The molecule has 1 aliphatic rings. The molecule has 0 saturated carbocycles. The third-order valence-corrected chi connectivity index (χ3v) is 4.54. The Hall–Kier alpha value is -1.32. The highest BCUT2D eigenvalue weighted by atomic mass is 16.5. The summed E-state index contributed by atoms with van der Waals surface area (Å²) >= 11 is 0. The maximum Gasteiger partial charge on any atom is 0.0587 e. The van der Waals surface area contributed by atoms with Gasteiger partial charge in [-0.25, -0.2) is 0 Å². The summed E-state index contributed by atoms with van der Waals surface area (Å²) in [7, 11) is 2.22. The molecule has 1 atom stereocenters. The Labute approximate surface area is 127 Å². The van der Waals surface area contributed by atoms with Gasteiger partial charge in [-0.2, -0.15) is 0 Å². The third-order valence-electron chi connectivity index (χ3n) is 4.54. The van der Waals surface area contributed by atoms with Gasteiger partial charge in [-0.1, -0.05) is 18.2 Å². The molecular formula is C18H26N2O. The molecule has 1 unspecified atom stereocenters. The number of H-pyrrole nitrogens is 1. The lowest BCUT2D eigenvalue weighted by atomic mass is 10.1. The zero-order valence-corrected chi connectivity index (χ0v) is 13.0. The van der Waals surface area contributed by atoms with E-state index in [1.165, 1.54) is 42.1 Å². The van der Waals surface area contributed by atoms with Crippen molar-refractivity contribution in [1.29, 1.82) is 0 Å². The second-order valence-corrected chi connectivity index (χ2v) is 6.19. The lowest BCUT2D eigenvalue weighted by molar-refractivity contribution is 0.00681. The van der Waals surface area contributed by atoms with E-state index in [4.69, 9.17) is 4.74 Å². The predicted molar refractivity (Wildman–Crippen MR) is 87.7 cm³/mol. The van der Waals surface area contributed by atoms with Crippen LogP contribution in [0.2, 0.25) is 0 Å². The van der Waals surface area contributed by atoms with Crippen molar-refractivity contribution in [2.45, 2.75) is 38.2 Å². The van der Waals surface area contributed by atoms with Crippen LogP contribution >= 0.6 is 0 Å². The minimum absolute atomic E-state index is 0.495. The van der Waals surface area contributed by atoms with Crippen molar-refractivity contribution in [1.82, 2.24) is 9.88 Å². The van der Waals surface area contributed by atoms with Gasteiger partial charge < -0.3 is 14.6 Å². The van der Waals surface area contributed by atoms with Crippen molar-refractivity contribution >= 4 is 10.9 Å². The average molecular weight is 286 g/mol.